The van der Waals surface area contributed by atoms with E-state index in [-0.39, 0.29) is 0 Å². The van der Waals surface area contributed by atoms with Crippen molar-refractivity contribution >= 4 is 10.9 Å². The lowest BCUT2D eigenvalue weighted by atomic mass is 10.1. The molecule has 4 heteroatoms. The van der Waals surface area contributed by atoms with E-state index in [1.807, 2.05) is 31.4 Å². The summed E-state index contributed by atoms with van der Waals surface area (Å²) in [5.41, 5.74) is 2.20. The second-order valence-corrected chi connectivity index (χ2v) is 5.69. The van der Waals surface area contributed by atoms with E-state index in [1.165, 1.54) is 5.52 Å². The van der Waals surface area contributed by atoms with Gasteiger partial charge in [-0.05, 0) is 36.6 Å². The molecule has 0 saturated heterocycles. The van der Waals surface area contributed by atoms with Crippen LogP contribution in [0, 0.1) is 5.92 Å². The summed E-state index contributed by atoms with van der Waals surface area (Å²) in [6.07, 6.45) is 4.53. The number of fused-ring (bicyclic) bond motifs is 1. The van der Waals surface area contributed by atoms with Crippen molar-refractivity contribution < 1.29 is 4.74 Å². The molecule has 0 fully saturated rings. The van der Waals surface area contributed by atoms with Gasteiger partial charge in [0.25, 0.3) is 0 Å². The minimum atomic E-state index is 0.563. The first-order valence-electron chi connectivity index (χ1n) is 7.15. The lowest BCUT2D eigenvalue weighted by Gasteiger charge is -2.08. The third-order valence-corrected chi connectivity index (χ3v) is 3.40. The maximum Gasteiger partial charge on any atom is 0.222 e. The molecule has 0 unspecified atom stereocenters. The van der Waals surface area contributed by atoms with Gasteiger partial charge in [0.2, 0.25) is 5.88 Å². The highest BCUT2D eigenvalue weighted by molar-refractivity contribution is 5.81. The summed E-state index contributed by atoms with van der Waals surface area (Å²) in [6.45, 7) is 4.35. The van der Waals surface area contributed by atoms with Gasteiger partial charge in [-0.15, -0.1) is 0 Å². The van der Waals surface area contributed by atoms with Gasteiger partial charge in [0.05, 0.1) is 0 Å². The highest BCUT2D eigenvalue weighted by Gasteiger charge is 2.05. The van der Waals surface area contributed by atoms with E-state index in [4.69, 9.17) is 4.74 Å². The number of ether oxygens (including phenoxy) is 1. The van der Waals surface area contributed by atoms with Crippen molar-refractivity contribution in [3.63, 3.8) is 0 Å². The largest absolute Gasteiger partial charge is 0.439 e. The van der Waals surface area contributed by atoms with Gasteiger partial charge in [-0.1, -0.05) is 13.8 Å². The second kappa shape index (κ2) is 5.56. The Morgan fingerprint density at radius 2 is 2.00 bits per heavy atom. The fraction of sp³-hybridized carbons (Fsp3) is 0.294. The SMILES string of the molecule is CC(C)Cc1cc(Oc2ccc3c(ccn3C)c2)ncn1. The number of rotatable bonds is 4. The summed E-state index contributed by atoms with van der Waals surface area (Å²) in [6, 6.07) is 10.0. The standard InChI is InChI=1S/C17H19N3O/c1-12(2)8-14-10-17(19-11-18-14)21-15-4-5-16-13(9-15)6-7-20(16)3/h4-7,9-12H,8H2,1-3H3. The summed E-state index contributed by atoms with van der Waals surface area (Å²) >= 11 is 0. The van der Waals surface area contributed by atoms with Crippen molar-refractivity contribution in [2.75, 3.05) is 0 Å². The molecular weight excluding hydrogens is 262 g/mol. The Morgan fingerprint density at radius 1 is 1.14 bits per heavy atom. The second-order valence-electron chi connectivity index (χ2n) is 5.69. The monoisotopic (exact) mass is 281 g/mol. The van der Waals surface area contributed by atoms with Crippen LogP contribution in [0.25, 0.3) is 10.9 Å². The van der Waals surface area contributed by atoms with Gasteiger partial charge in [-0.3, -0.25) is 0 Å². The van der Waals surface area contributed by atoms with Crippen LogP contribution in [0.3, 0.4) is 0 Å². The fourth-order valence-electron chi connectivity index (χ4n) is 2.41. The Bertz CT molecular complexity index is 762. The first-order valence-corrected chi connectivity index (χ1v) is 7.15. The Labute approximate surface area is 124 Å². The Balaban J connectivity index is 1.84. The van der Waals surface area contributed by atoms with Crippen LogP contribution in [0.1, 0.15) is 19.5 Å². The van der Waals surface area contributed by atoms with E-state index in [0.717, 1.165) is 23.3 Å². The highest BCUT2D eigenvalue weighted by Crippen LogP contribution is 2.25. The average molecular weight is 281 g/mol. The number of nitrogens with zero attached hydrogens (tertiary/aromatic N) is 3. The number of aryl methyl sites for hydroxylation is 1. The molecule has 0 amide bonds. The van der Waals surface area contributed by atoms with Crippen LogP contribution in [0.4, 0.5) is 0 Å². The molecule has 1 aromatic carbocycles. The summed E-state index contributed by atoms with van der Waals surface area (Å²) in [5, 5.41) is 1.16. The number of hydrogen-bond donors (Lipinski definition) is 0. The Kier molecular flexibility index (Phi) is 3.60. The average Bonchev–Trinajstić information content (AvgIpc) is 2.80. The molecule has 0 aliphatic carbocycles. The smallest absolute Gasteiger partial charge is 0.222 e. The molecule has 21 heavy (non-hydrogen) atoms. The van der Waals surface area contributed by atoms with Crippen molar-refractivity contribution in [2.24, 2.45) is 13.0 Å². The molecule has 108 valence electrons. The molecule has 0 aliphatic rings. The summed E-state index contributed by atoms with van der Waals surface area (Å²) in [5.74, 6) is 1.95. The predicted molar refractivity (Wildman–Crippen MR) is 83.6 cm³/mol. The van der Waals surface area contributed by atoms with Crippen LogP contribution < -0.4 is 4.74 Å². The van der Waals surface area contributed by atoms with Crippen LogP contribution in [-0.4, -0.2) is 14.5 Å². The number of hydrogen-bond acceptors (Lipinski definition) is 3. The normalized spacial score (nSPS) is 11.2. The van der Waals surface area contributed by atoms with Crippen LogP contribution >= 0.6 is 0 Å². The van der Waals surface area contributed by atoms with E-state index in [2.05, 4.69) is 40.5 Å². The zero-order valence-corrected chi connectivity index (χ0v) is 12.6. The molecular formula is C17H19N3O. The van der Waals surface area contributed by atoms with Crippen molar-refractivity contribution in [3.05, 3.63) is 48.5 Å². The summed E-state index contributed by atoms with van der Waals surface area (Å²) in [7, 11) is 2.03. The minimum Gasteiger partial charge on any atom is -0.439 e. The topological polar surface area (TPSA) is 39.9 Å². The molecule has 3 rings (SSSR count). The molecule has 0 bridgehead atoms. The van der Waals surface area contributed by atoms with Crippen LogP contribution in [-0.2, 0) is 13.5 Å². The molecule has 0 atom stereocenters. The zero-order valence-electron chi connectivity index (χ0n) is 12.6. The van der Waals surface area contributed by atoms with E-state index in [1.54, 1.807) is 6.33 Å². The lowest BCUT2D eigenvalue weighted by Crippen LogP contribution is -1.99. The predicted octanol–water partition coefficient (Wildman–Crippen LogP) is 3.96. The fourth-order valence-corrected chi connectivity index (χ4v) is 2.41. The van der Waals surface area contributed by atoms with Gasteiger partial charge in [-0.25, -0.2) is 9.97 Å². The minimum absolute atomic E-state index is 0.563. The third-order valence-electron chi connectivity index (χ3n) is 3.40. The quantitative estimate of drug-likeness (QED) is 0.726. The van der Waals surface area contributed by atoms with Crippen LogP contribution in [0.5, 0.6) is 11.6 Å². The van der Waals surface area contributed by atoms with Gasteiger partial charge >= 0.3 is 0 Å². The molecule has 3 aromatic rings. The van der Waals surface area contributed by atoms with E-state index < -0.39 is 0 Å². The molecule has 2 aromatic heterocycles. The van der Waals surface area contributed by atoms with Gasteiger partial charge in [0.15, 0.2) is 0 Å². The molecule has 4 nitrogen and oxygen atoms in total. The van der Waals surface area contributed by atoms with Gasteiger partial charge < -0.3 is 9.30 Å². The Hall–Kier alpha value is -2.36. The zero-order chi connectivity index (χ0) is 14.8. The number of benzene rings is 1. The molecule has 0 saturated carbocycles. The molecule has 0 aliphatic heterocycles. The highest BCUT2D eigenvalue weighted by atomic mass is 16.5. The van der Waals surface area contributed by atoms with Crippen LogP contribution in [0.15, 0.2) is 42.9 Å². The molecule has 0 spiro atoms. The van der Waals surface area contributed by atoms with Gasteiger partial charge in [-0.2, -0.15) is 0 Å². The first kappa shape index (κ1) is 13.6. The van der Waals surface area contributed by atoms with E-state index >= 15 is 0 Å². The van der Waals surface area contributed by atoms with Crippen LogP contribution in [0.2, 0.25) is 0 Å². The Morgan fingerprint density at radius 3 is 2.81 bits per heavy atom. The van der Waals surface area contributed by atoms with Crippen molar-refractivity contribution in [3.8, 4) is 11.6 Å². The maximum atomic E-state index is 5.86. The maximum absolute atomic E-state index is 5.86. The third kappa shape index (κ3) is 3.05. The van der Waals surface area contributed by atoms with E-state index in [9.17, 15) is 0 Å². The van der Waals surface area contributed by atoms with Crippen molar-refractivity contribution in [2.45, 2.75) is 20.3 Å². The van der Waals surface area contributed by atoms with Crippen molar-refractivity contribution in [1.29, 1.82) is 0 Å². The summed E-state index contributed by atoms with van der Waals surface area (Å²) < 4.78 is 7.95. The van der Waals surface area contributed by atoms with Gasteiger partial charge in [0, 0.05) is 35.9 Å². The van der Waals surface area contributed by atoms with Crippen molar-refractivity contribution in [1.82, 2.24) is 14.5 Å². The molecule has 0 radical (unpaired) electrons. The van der Waals surface area contributed by atoms with E-state index in [0.29, 0.717) is 11.8 Å². The molecule has 2 heterocycles. The lowest BCUT2D eigenvalue weighted by molar-refractivity contribution is 0.460. The summed E-state index contributed by atoms with van der Waals surface area (Å²) in [4.78, 5) is 8.47. The number of aromatic nitrogens is 3. The van der Waals surface area contributed by atoms with Gasteiger partial charge in [0.1, 0.15) is 12.1 Å². The first-order chi connectivity index (χ1) is 10.1. The molecule has 0 N–H and O–H groups in total.